The first-order valence-corrected chi connectivity index (χ1v) is 6.29. The van der Waals surface area contributed by atoms with Crippen molar-refractivity contribution in [3.63, 3.8) is 0 Å². The quantitative estimate of drug-likeness (QED) is 0.843. The van der Waals surface area contributed by atoms with Gasteiger partial charge in [-0.15, -0.1) is 0 Å². The van der Waals surface area contributed by atoms with Crippen molar-refractivity contribution in [1.82, 2.24) is 4.90 Å². The third-order valence-electron chi connectivity index (χ3n) is 3.53. The first-order chi connectivity index (χ1) is 7.79. The summed E-state index contributed by atoms with van der Waals surface area (Å²) in [6.07, 6.45) is 3.93. The Hall–Kier alpha value is -0.860. The van der Waals surface area contributed by atoms with Gasteiger partial charge in [0, 0.05) is 19.1 Å². The van der Waals surface area contributed by atoms with Crippen molar-refractivity contribution in [3.05, 3.63) is 35.4 Å². The Morgan fingerprint density at radius 1 is 1.25 bits per heavy atom. The second-order valence-electron chi connectivity index (χ2n) is 4.84. The minimum atomic E-state index is 0.593. The summed E-state index contributed by atoms with van der Waals surface area (Å²) in [6.45, 7) is 5.19. The van der Waals surface area contributed by atoms with Crippen molar-refractivity contribution >= 4 is 0 Å². The van der Waals surface area contributed by atoms with Crippen LogP contribution in [0.2, 0.25) is 0 Å². The summed E-state index contributed by atoms with van der Waals surface area (Å²) < 4.78 is 0. The Labute approximate surface area is 98.4 Å². The molecule has 0 saturated carbocycles. The number of nitrogens with zero attached hydrogens (tertiary/aromatic N) is 1. The molecule has 88 valence electrons. The normalized spacial score (nSPS) is 22.2. The summed E-state index contributed by atoms with van der Waals surface area (Å²) in [4.78, 5) is 2.54. The van der Waals surface area contributed by atoms with Gasteiger partial charge in [0.1, 0.15) is 0 Å². The molecule has 2 heteroatoms. The van der Waals surface area contributed by atoms with Gasteiger partial charge in [-0.3, -0.25) is 4.90 Å². The van der Waals surface area contributed by atoms with Gasteiger partial charge in [-0.25, -0.2) is 0 Å². The van der Waals surface area contributed by atoms with Crippen molar-refractivity contribution in [1.29, 1.82) is 0 Å². The van der Waals surface area contributed by atoms with E-state index in [1.165, 1.54) is 36.9 Å². The third-order valence-corrected chi connectivity index (χ3v) is 3.53. The van der Waals surface area contributed by atoms with Crippen LogP contribution in [-0.2, 0) is 6.54 Å². The number of nitrogens with two attached hydrogens (primary N) is 1. The molecular formula is C14H22N2. The van der Waals surface area contributed by atoms with E-state index in [2.05, 4.69) is 36.1 Å². The largest absolute Gasteiger partial charge is 0.329 e. The van der Waals surface area contributed by atoms with Crippen LogP contribution in [0.25, 0.3) is 0 Å². The van der Waals surface area contributed by atoms with E-state index in [0.717, 1.165) is 13.1 Å². The van der Waals surface area contributed by atoms with Gasteiger partial charge in [0.2, 0.25) is 0 Å². The fourth-order valence-electron chi connectivity index (χ4n) is 2.46. The van der Waals surface area contributed by atoms with Gasteiger partial charge in [-0.05, 0) is 31.9 Å². The average Bonchev–Trinajstić information content (AvgIpc) is 2.33. The molecule has 16 heavy (non-hydrogen) atoms. The Kier molecular flexibility index (Phi) is 3.97. The fraction of sp³-hybridized carbons (Fsp3) is 0.571. The molecule has 0 aliphatic carbocycles. The van der Waals surface area contributed by atoms with Gasteiger partial charge in [0.05, 0.1) is 0 Å². The number of likely N-dealkylation sites (tertiary alicyclic amines) is 1. The monoisotopic (exact) mass is 218 g/mol. The standard InChI is InChI=1S/C14H22N2/c1-12-5-7-13(8-6-12)11-16-9-3-2-4-14(16)10-15/h5-8,14H,2-4,9-11,15H2,1H3/t14-/m1/s1. The minimum Gasteiger partial charge on any atom is -0.329 e. The van der Waals surface area contributed by atoms with Crippen molar-refractivity contribution < 1.29 is 0 Å². The molecule has 2 nitrogen and oxygen atoms in total. The Morgan fingerprint density at radius 3 is 2.69 bits per heavy atom. The van der Waals surface area contributed by atoms with Crippen molar-refractivity contribution in [2.75, 3.05) is 13.1 Å². The van der Waals surface area contributed by atoms with E-state index < -0.39 is 0 Å². The molecule has 1 fully saturated rings. The van der Waals surface area contributed by atoms with Crippen LogP contribution >= 0.6 is 0 Å². The lowest BCUT2D eigenvalue weighted by atomic mass is 10.0. The summed E-state index contributed by atoms with van der Waals surface area (Å²) >= 11 is 0. The molecule has 1 aromatic rings. The molecule has 0 amide bonds. The zero-order valence-electron chi connectivity index (χ0n) is 10.2. The zero-order chi connectivity index (χ0) is 11.4. The van der Waals surface area contributed by atoms with E-state index in [1.54, 1.807) is 0 Å². The topological polar surface area (TPSA) is 29.3 Å². The molecule has 0 spiro atoms. The molecule has 0 bridgehead atoms. The van der Waals surface area contributed by atoms with Crippen LogP contribution < -0.4 is 5.73 Å². The summed E-state index contributed by atoms with van der Waals surface area (Å²) in [7, 11) is 0. The predicted molar refractivity (Wildman–Crippen MR) is 68.3 cm³/mol. The molecular weight excluding hydrogens is 196 g/mol. The van der Waals surface area contributed by atoms with Crippen molar-refractivity contribution in [3.8, 4) is 0 Å². The highest BCUT2D eigenvalue weighted by Crippen LogP contribution is 2.18. The zero-order valence-corrected chi connectivity index (χ0v) is 10.2. The SMILES string of the molecule is Cc1ccc(CN2CCCC[C@@H]2CN)cc1. The van der Waals surface area contributed by atoms with Crippen LogP contribution in [0.5, 0.6) is 0 Å². The molecule has 1 atom stereocenters. The maximum Gasteiger partial charge on any atom is 0.0237 e. The number of hydrogen-bond donors (Lipinski definition) is 1. The Morgan fingerprint density at radius 2 is 2.00 bits per heavy atom. The highest BCUT2D eigenvalue weighted by Gasteiger charge is 2.20. The number of benzene rings is 1. The lowest BCUT2D eigenvalue weighted by Crippen LogP contribution is -2.43. The van der Waals surface area contributed by atoms with E-state index in [4.69, 9.17) is 5.73 Å². The van der Waals surface area contributed by atoms with Gasteiger partial charge >= 0.3 is 0 Å². The van der Waals surface area contributed by atoms with E-state index >= 15 is 0 Å². The molecule has 0 aromatic heterocycles. The summed E-state index contributed by atoms with van der Waals surface area (Å²) in [5.74, 6) is 0. The third kappa shape index (κ3) is 2.83. The van der Waals surface area contributed by atoms with E-state index in [-0.39, 0.29) is 0 Å². The van der Waals surface area contributed by atoms with Crippen LogP contribution in [0, 0.1) is 6.92 Å². The molecule has 1 aliphatic heterocycles. The number of rotatable bonds is 3. The maximum atomic E-state index is 5.83. The number of hydrogen-bond acceptors (Lipinski definition) is 2. The van der Waals surface area contributed by atoms with E-state index in [1.807, 2.05) is 0 Å². The van der Waals surface area contributed by atoms with Gasteiger partial charge in [0.25, 0.3) is 0 Å². The smallest absolute Gasteiger partial charge is 0.0237 e. The van der Waals surface area contributed by atoms with Gasteiger partial charge in [-0.1, -0.05) is 36.2 Å². The molecule has 1 heterocycles. The van der Waals surface area contributed by atoms with E-state index in [0.29, 0.717) is 6.04 Å². The minimum absolute atomic E-state index is 0.593. The van der Waals surface area contributed by atoms with Gasteiger partial charge in [0.15, 0.2) is 0 Å². The Bertz CT molecular complexity index is 318. The molecule has 1 aliphatic rings. The van der Waals surface area contributed by atoms with Crippen LogP contribution in [0.4, 0.5) is 0 Å². The van der Waals surface area contributed by atoms with Crippen molar-refractivity contribution in [2.24, 2.45) is 5.73 Å². The molecule has 2 rings (SSSR count). The molecule has 0 radical (unpaired) electrons. The number of piperidine rings is 1. The lowest BCUT2D eigenvalue weighted by molar-refractivity contribution is 0.145. The molecule has 0 unspecified atom stereocenters. The highest BCUT2D eigenvalue weighted by atomic mass is 15.2. The van der Waals surface area contributed by atoms with Crippen LogP contribution in [0.15, 0.2) is 24.3 Å². The first kappa shape index (κ1) is 11.6. The maximum absolute atomic E-state index is 5.83. The van der Waals surface area contributed by atoms with Crippen LogP contribution in [-0.4, -0.2) is 24.0 Å². The second kappa shape index (κ2) is 5.46. The Balaban J connectivity index is 1.99. The summed E-state index contributed by atoms with van der Waals surface area (Å²) in [6, 6.07) is 9.44. The van der Waals surface area contributed by atoms with Crippen molar-refractivity contribution in [2.45, 2.75) is 38.8 Å². The lowest BCUT2D eigenvalue weighted by Gasteiger charge is -2.35. The average molecular weight is 218 g/mol. The second-order valence-corrected chi connectivity index (χ2v) is 4.84. The van der Waals surface area contributed by atoms with Gasteiger partial charge in [-0.2, -0.15) is 0 Å². The highest BCUT2D eigenvalue weighted by molar-refractivity contribution is 5.21. The molecule has 1 saturated heterocycles. The molecule has 1 aromatic carbocycles. The van der Waals surface area contributed by atoms with Crippen LogP contribution in [0.3, 0.4) is 0 Å². The van der Waals surface area contributed by atoms with Crippen LogP contribution in [0.1, 0.15) is 30.4 Å². The van der Waals surface area contributed by atoms with Gasteiger partial charge < -0.3 is 5.73 Å². The number of aryl methyl sites for hydroxylation is 1. The molecule has 2 N–H and O–H groups in total. The summed E-state index contributed by atoms with van der Waals surface area (Å²) in [5.41, 5.74) is 8.57. The fourth-order valence-corrected chi connectivity index (χ4v) is 2.46. The van der Waals surface area contributed by atoms with E-state index in [9.17, 15) is 0 Å². The first-order valence-electron chi connectivity index (χ1n) is 6.29. The predicted octanol–water partition coefficient (Wildman–Crippen LogP) is 2.31. The summed E-state index contributed by atoms with van der Waals surface area (Å²) in [5, 5.41) is 0.